The first kappa shape index (κ1) is 14.6. The van der Waals surface area contributed by atoms with E-state index in [0.29, 0.717) is 25.5 Å². The predicted molar refractivity (Wildman–Crippen MR) is 88.9 cm³/mol. The molecule has 0 heterocycles. The molecule has 0 spiro atoms. The zero-order valence-electron chi connectivity index (χ0n) is 12.6. The van der Waals surface area contributed by atoms with Crippen molar-refractivity contribution < 1.29 is 9.53 Å². The van der Waals surface area contributed by atoms with Crippen molar-refractivity contribution in [2.75, 3.05) is 13.2 Å². The van der Waals surface area contributed by atoms with Gasteiger partial charge >= 0.3 is 0 Å². The molecule has 3 heteroatoms. The minimum absolute atomic E-state index is 0.110. The van der Waals surface area contributed by atoms with Gasteiger partial charge in [-0.25, -0.2) is 0 Å². The van der Waals surface area contributed by atoms with Crippen molar-refractivity contribution in [2.24, 2.45) is 5.92 Å². The number of nitrogens with one attached hydrogen (secondary N) is 1. The molecule has 0 bridgehead atoms. The van der Waals surface area contributed by atoms with Gasteiger partial charge in [-0.1, -0.05) is 42.5 Å². The van der Waals surface area contributed by atoms with E-state index in [4.69, 9.17) is 4.74 Å². The van der Waals surface area contributed by atoms with Gasteiger partial charge in [0.25, 0.3) is 0 Å². The smallest absolute Gasteiger partial charge is 0.220 e. The molecule has 1 unspecified atom stereocenters. The molecule has 0 saturated carbocycles. The number of allylic oxidation sites excluding steroid dienone is 2. The number of hydrogen-bond acceptors (Lipinski definition) is 2. The van der Waals surface area contributed by atoms with Crippen LogP contribution in [0, 0.1) is 5.92 Å². The lowest BCUT2D eigenvalue weighted by Crippen LogP contribution is -2.29. The summed E-state index contributed by atoms with van der Waals surface area (Å²) in [6, 6.07) is 14.2. The molecule has 0 radical (unpaired) electrons. The number of benzene rings is 2. The van der Waals surface area contributed by atoms with E-state index >= 15 is 0 Å². The van der Waals surface area contributed by atoms with Crippen molar-refractivity contribution in [3.05, 3.63) is 54.6 Å². The van der Waals surface area contributed by atoms with Crippen LogP contribution in [0.1, 0.15) is 19.3 Å². The minimum atomic E-state index is 0.110. The zero-order valence-corrected chi connectivity index (χ0v) is 12.6. The summed E-state index contributed by atoms with van der Waals surface area (Å²) < 4.78 is 5.71. The van der Waals surface area contributed by atoms with Gasteiger partial charge in [0.2, 0.25) is 5.91 Å². The number of ether oxygens (including phenoxy) is 1. The summed E-state index contributed by atoms with van der Waals surface area (Å²) in [6.45, 7) is 1.03. The maximum atomic E-state index is 11.8. The molecule has 0 aromatic heterocycles. The molecular formula is C19H21NO2. The van der Waals surface area contributed by atoms with Crippen LogP contribution in [0.25, 0.3) is 10.8 Å². The number of amides is 1. The molecule has 2 aromatic rings. The van der Waals surface area contributed by atoms with Gasteiger partial charge in [-0.05, 0) is 41.7 Å². The maximum Gasteiger partial charge on any atom is 0.220 e. The summed E-state index contributed by atoms with van der Waals surface area (Å²) in [5.74, 6) is 1.37. The van der Waals surface area contributed by atoms with Crippen molar-refractivity contribution in [3.8, 4) is 5.75 Å². The van der Waals surface area contributed by atoms with Crippen LogP contribution in [-0.2, 0) is 4.79 Å². The van der Waals surface area contributed by atoms with E-state index in [-0.39, 0.29) is 5.91 Å². The van der Waals surface area contributed by atoms with Crippen LogP contribution in [-0.4, -0.2) is 19.1 Å². The molecule has 3 rings (SSSR count). The Kier molecular flexibility index (Phi) is 4.74. The number of rotatable bonds is 6. The third-order valence-electron chi connectivity index (χ3n) is 3.97. The number of hydrogen-bond donors (Lipinski definition) is 1. The summed E-state index contributed by atoms with van der Waals surface area (Å²) in [6.07, 6.45) is 7.09. The van der Waals surface area contributed by atoms with Crippen LogP contribution in [0.4, 0.5) is 0 Å². The Balaban J connectivity index is 1.42. The van der Waals surface area contributed by atoms with Crippen LogP contribution in [0.5, 0.6) is 5.75 Å². The van der Waals surface area contributed by atoms with Crippen molar-refractivity contribution in [3.63, 3.8) is 0 Å². The second-order valence-corrected chi connectivity index (χ2v) is 5.68. The predicted octanol–water partition coefficient (Wildman–Crippen LogP) is 3.69. The Labute approximate surface area is 131 Å². The summed E-state index contributed by atoms with van der Waals surface area (Å²) in [7, 11) is 0. The van der Waals surface area contributed by atoms with Crippen molar-refractivity contribution >= 4 is 16.7 Å². The van der Waals surface area contributed by atoms with Crippen LogP contribution in [0.2, 0.25) is 0 Å². The van der Waals surface area contributed by atoms with E-state index in [9.17, 15) is 4.79 Å². The topological polar surface area (TPSA) is 38.3 Å². The molecule has 0 fully saturated rings. The molecule has 0 saturated heterocycles. The fourth-order valence-corrected chi connectivity index (χ4v) is 2.79. The first-order chi connectivity index (χ1) is 10.8. The Morgan fingerprint density at radius 2 is 2.05 bits per heavy atom. The molecule has 22 heavy (non-hydrogen) atoms. The number of fused-ring (bicyclic) bond motifs is 1. The van der Waals surface area contributed by atoms with Gasteiger partial charge in [-0.2, -0.15) is 0 Å². The molecule has 114 valence electrons. The molecule has 0 aliphatic heterocycles. The number of carbonyl (C=O) groups is 1. The van der Waals surface area contributed by atoms with Gasteiger partial charge in [-0.15, -0.1) is 0 Å². The molecule has 1 N–H and O–H groups in total. The molecule has 1 aliphatic rings. The fourth-order valence-electron chi connectivity index (χ4n) is 2.79. The summed E-state index contributed by atoms with van der Waals surface area (Å²) >= 11 is 0. The van der Waals surface area contributed by atoms with Gasteiger partial charge < -0.3 is 10.1 Å². The first-order valence-electron chi connectivity index (χ1n) is 7.86. The highest BCUT2D eigenvalue weighted by Crippen LogP contribution is 2.21. The third kappa shape index (κ3) is 3.88. The standard InChI is InChI=1S/C19H21NO2/c21-19(13-15-5-1-2-6-15)20-11-12-22-18-10-9-16-7-3-4-8-17(16)14-18/h1,3-5,7-10,14-15H,2,6,11-13H2,(H,20,21). The van der Waals surface area contributed by atoms with Gasteiger partial charge in [0.15, 0.2) is 0 Å². The molecule has 1 aliphatic carbocycles. The summed E-state index contributed by atoms with van der Waals surface area (Å²) in [4.78, 5) is 11.8. The lowest BCUT2D eigenvalue weighted by atomic mass is 10.1. The Bertz CT molecular complexity index is 678. The zero-order chi connectivity index (χ0) is 15.2. The maximum absolute atomic E-state index is 11.8. The van der Waals surface area contributed by atoms with E-state index in [1.807, 2.05) is 24.3 Å². The van der Waals surface area contributed by atoms with E-state index in [0.717, 1.165) is 24.0 Å². The lowest BCUT2D eigenvalue weighted by molar-refractivity contribution is -0.121. The highest BCUT2D eigenvalue weighted by Gasteiger charge is 2.13. The molecular weight excluding hydrogens is 274 g/mol. The molecule has 1 atom stereocenters. The third-order valence-corrected chi connectivity index (χ3v) is 3.97. The summed E-state index contributed by atoms with van der Waals surface area (Å²) in [5, 5.41) is 5.28. The van der Waals surface area contributed by atoms with Crippen LogP contribution in [0.15, 0.2) is 54.6 Å². The Hall–Kier alpha value is -2.29. The van der Waals surface area contributed by atoms with E-state index in [1.54, 1.807) is 0 Å². The average Bonchev–Trinajstić information content (AvgIpc) is 3.04. The van der Waals surface area contributed by atoms with Gasteiger partial charge in [0.1, 0.15) is 12.4 Å². The minimum Gasteiger partial charge on any atom is -0.492 e. The second-order valence-electron chi connectivity index (χ2n) is 5.68. The first-order valence-corrected chi connectivity index (χ1v) is 7.86. The Morgan fingerprint density at radius 3 is 2.86 bits per heavy atom. The largest absolute Gasteiger partial charge is 0.492 e. The summed E-state index contributed by atoms with van der Waals surface area (Å²) in [5.41, 5.74) is 0. The SMILES string of the molecule is O=C(CC1C=CCC1)NCCOc1ccc2ccccc2c1. The molecule has 2 aromatic carbocycles. The van der Waals surface area contributed by atoms with Crippen molar-refractivity contribution in [2.45, 2.75) is 19.3 Å². The van der Waals surface area contributed by atoms with Crippen LogP contribution < -0.4 is 10.1 Å². The van der Waals surface area contributed by atoms with Gasteiger partial charge in [-0.3, -0.25) is 4.79 Å². The van der Waals surface area contributed by atoms with E-state index in [2.05, 4.69) is 35.7 Å². The van der Waals surface area contributed by atoms with Crippen LogP contribution in [0.3, 0.4) is 0 Å². The van der Waals surface area contributed by atoms with Gasteiger partial charge in [0.05, 0.1) is 6.54 Å². The highest BCUT2D eigenvalue weighted by atomic mass is 16.5. The van der Waals surface area contributed by atoms with E-state index in [1.165, 1.54) is 5.39 Å². The normalized spacial score (nSPS) is 16.8. The quantitative estimate of drug-likeness (QED) is 0.652. The Morgan fingerprint density at radius 1 is 1.18 bits per heavy atom. The van der Waals surface area contributed by atoms with E-state index < -0.39 is 0 Å². The lowest BCUT2D eigenvalue weighted by Gasteiger charge is -2.10. The molecule has 1 amide bonds. The van der Waals surface area contributed by atoms with Crippen molar-refractivity contribution in [1.29, 1.82) is 0 Å². The monoisotopic (exact) mass is 295 g/mol. The van der Waals surface area contributed by atoms with Gasteiger partial charge in [0, 0.05) is 6.42 Å². The highest BCUT2D eigenvalue weighted by molar-refractivity contribution is 5.83. The molecule has 3 nitrogen and oxygen atoms in total. The van der Waals surface area contributed by atoms with Crippen LogP contribution >= 0.6 is 0 Å². The van der Waals surface area contributed by atoms with Crippen molar-refractivity contribution in [1.82, 2.24) is 5.32 Å². The number of carbonyl (C=O) groups excluding carboxylic acids is 1. The fraction of sp³-hybridized carbons (Fsp3) is 0.316. The second kappa shape index (κ2) is 7.12. The average molecular weight is 295 g/mol.